The van der Waals surface area contributed by atoms with E-state index in [9.17, 15) is 4.79 Å². The molecule has 0 aromatic heterocycles. The van der Waals surface area contributed by atoms with Crippen LogP contribution in [0, 0.1) is 0 Å². The number of rotatable bonds is 4. The summed E-state index contributed by atoms with van der Waals surface area (Å²) in [6.45, 7) is 7.38. The van der Waals surface area contributed by atoms with Crippen molar-refractivity contribution in [2.45, 2.75) is 26.1 Å². The van der Waals surface area contributed by atoms with Crippen LogP contribution in [0.5, 0.6) is 0 Å². The van der Waals surface area contributed by atoms with Crippen LogP contribution in [-0.4, -0.2) is 49.3 Å². The highest BCUT2D eigenvalue weighted by Gasteiger charge is 2.21. The molecule has 5 nitrogen and oxygen atoms in total. The van der Waals surface area contributed by atoms with Crippen LogP contribution in [-0.2, 0) is 4.74 Å². The molecule has 0 bridgehead atoms. The normalized spacial score (nSPS) is 22.8. The van der Waals surface area contributed by atoms with E-state index >= 15 is 0 Å². The molecule has 0 saturated carbocycles. The lowest BCUT2D eigenvalue weighted by molar-refractivity contribution is -0.0672. The van der Waals surface area contributed by atoms with Gasteiger partial charge in [-0.3, -0.25) is 4.90 Å². The molecule has 1 aliphatic rings. The van der Waals surface area contributed by atoms with Gasteiger partial charge in [-0.1, -0.05) is 17.7 Å². The van der Waals surface area contributed by atoms with Gasteiger partial charge in [0.2, 0.25) is 0 Å². The molecule has 1 aliphatic heterocycles. The molecule has 116 valence electrons. The molecule has 2 rings (SSSR count). The van der Waals surface area contributed by atoms with Gasteiger partial charge in [-0.25, -0.2) is 4.79 Å². The van der Waals surface area contributed by atoms with E-state index in [1.165, 1.54) is 0 Å². The lowest BCUT2D eigenvalue weighted by Crippen LogP contribution is -2.48. The third-order valence-electron chi connectivity index (χ3n) is 3.29. The quantitative estimate of drug-likeness (QED) is 0.898. The smallest absolute Gasteiger partial charge is 0.319 e. The predicted octanol–water partition coefficient (Wildman–Crippen LogP) is 2.57. The van der Waals surface area contributed by atoms with Crippen LogP contribution < -0.4 is 10.6 Å². The molecule has 1 saturated heterocycles. The monoisotopic (exact) mass is 311 g/mol. The van der Waals surface area contributed by atoms with E-state index in [-0.39, 0.29) is 18.2 Å². The third-order valence-corrected chi connectivity index (χ3v) is 3.53. The SMILES string of the molecule is CC1CN(CCNC(=O)Nc2cccc(Cl)c2)CC(C)O1. The van der Waals surface area contributed by atoms with E-state index in [1.54, 1.807) is 24.3 Å². The van der Waals surface area contributed by atoms with Gasteiger partial charge in [0.25, 0.3) is 0 Å². The molecule has 0 radical (unpaired) electrons. The van der Waals surface area contributed by atoms with Crippen molar-refractivity contribution in [2.24, 2.45) is 0 Å². The second-order valence-electron chi connectivity index (χ2n) is 5.41. The minimum atomic E-state index is -0.216. The first-order valence-electron chi connectivity index (χ1n) is 7.21. The van der Waals surface area contributed by atoms with Crippen molar-refractivity contribution in [2.75, 3.05) is 31.5 Å². The first-order valence-corrected chi connectivity index (χ1v) is 7.59. The number of hydrogen-bond donors (Lipinski definition) is 2. The summed E-state index contributed by atoms with van der Waals surface area (Å²) < 4.78 is 5.68. The molecular formula is C15H22ClN3O2. The molecule has 1 heterocycles. The average Bonchev–Trinajstić information content (AvgIpc) is 2.37. The fraction of sp³-hybridized carbons (Fsp3) is 0.533. The zero-order valence-electron chi connectivity index (χ0n) is 12.4. The minimum absolute atomic E-state index is 0.216. The molecule has 0 aliphatic carbocycles. The maximum Gasteiger partial charge on any atom is 0.319 e. The number of carbonyl (C=O) groups is 1. The Morgan fingerprint density at radius 2 is 2.10 bits per heavy atom. The standard InChI is InChI=1S/C15H22ClN3O2/c1-11-9-19(10-12(2)21-11)7-6-17-15(20)18-14-5-3-4-13(16)8-14/h3-5,8,11-12H,6-7,9-10H2,1-2H3,(H2,17,18,20). The second-order valence-corrected chi connectivity index (χ2v) is 5.84. The van der Waals surface area contributed by atoms with Crippen LogP contribution in [0.15, 0.2) is 24.3 Å². The van der Waals surface area contributed by atoms with Gasteiger partial charge in [-0.15, -0.1) is 0 Å². The number of morpholine rings is 1. The van der Waals surface area contributed by atoms with Gasteiger partial charge < -0.3 is 15.4 Å². The Labute approximate surface area is 130 Å². The fourth-order valence-electron chi connectivity index (χ4n) is 2.54. The van der Waals surface area contributed by atoms with Gasteiger partial charge in [0.1, 0.15) is 0 Å². The molecule has 21 heavy (non-hydrogen) atoms. The third kappa shape index (κ3) is 5.53. The van der Waals surface area contributed by atoms with Gasteiger partial charge >= 0.3 is 6.03 Å². The Morgan fingerprint density at radius 1 is 1.38 bits per heavy atom. The predicted molar refractivity (Wildman–Crippen MR) is 84.9 cm³/mol. The average molecular weight is 312 g/mol. The van der Waals surface area contributed by atoms with Crippen molar-refractivity contribution >= 4 is 23.3 Å². The fourth-order valence-corrected chi connectivity index (χ4v) is 2.73. The van der Waals surface area contributed by atoms with Gasteiger partial charge in [0, 0.05) is 36.9 Å². The summed E-state index contributed by atoms with van der Waals surface area (Å²) in [7, 11) is 0. The van der Waals surface area contributed by atoms with E-state index in [0.717, 1.165) is 19.6 Å². The number of hydrogen-bond acceptors (Lipinski definition) is 3. The Morgan fingerprint density at radius 3 is 2.76 bits per heavy atom. The highest BCUT2D eigenvalue weighted by Crippen LogP contribution is 2.14. The molecule has 6 heteroatoms. The Hall–Kier alpha value is -1.30. The highest BCUT2D eigenvalue weighted by atomic mass is 35.5. The summed E-state index contributed by atoms with van der Waals surface area (Å²) in [4.78, 5) is 14.1. The molecule has 2 atom stereocenters. The van der Waals surface area contributed by atoms with E-state index in [2.05, 4.69) is 29.4 Å². The van der Waals surface area contributed by atoms with Crippen LogP contribution in [0.1, 0.15) is 13.8 Å². The van der Waals surface area contributed by atoms with Crippen molar-refractivity contribution in [1.29, 1.82) is 0 Å². The number of urea groups is 1. The Bertz CT molecular complexity index is 474. The number of nitrogens with zero attached hydrogens (tertiary/aromatic N) is 1. The van der Waals surface area contributed by atoms with Crippen molar-refractivity contribution in [3.05, 3.63) is 29.3 Å². The Balaban J connectivity index is 1.69. The zero-order valence-corrected chi connectivity index (χ0v) is 13.2. The van der Waals surface area contributed by atoms with Crippen molar-refractivity contribution in [1.82, 2.24) is 10.2 Å². The summed E-state index contributed by atoms with van der Waals surface area (Å²) in [5, 5.41) is 6.21. The van der Waals surface area contributed by atoms with Crippen LogP contribution in [0.3, 0.4) is 0 Å². The molecular weight excluding hydrogens is 290 g/mol. The topological polar surface area (TPSA) is 53.6 Å². The molecule has 2 N–H and O–H groups in total. The van der Waals surface area contributed by atoms with Crippen LogP contribution in [0.2, 0.25) is 5.02 Å². The van der Waals surface area contributed by atoms with E-state index in [1.807, 2.05) is 0 Å². The molecule has 0 spiro atoms. The number of benzene rings is 1. The molecule has 2 amide bonds. The number of carbonyl (C=O) groups excluding carboxylic acids is 1. The first-order chi connectivity index (χ1) is 10.0. The van der Waals surface area contributed by atoms with Crippen molar-refractivity contribution in [3.63, 3.8) is 0 Å². The summed E-state index contributed by atoms with van der Waals surface area (Å²) >= 11 is 5.87. The lowest BCUT2D eigenvalue weighted by atomic mass is 10.2. The highest BCUT2D eigenvalue weighted by molar-refractivity contribution is 6.30. The maximum absolute atomic E-state index is 11.8. The summed E-state index contributed by atoms with van der Waals surface area (Å²) in [6.07, 6.45) is 0.489. The summed E-state index contributed by atoms with van der Waals surface area (Å²) in [5.74, 6) is 0. The van der Waals surface area contributed by atoms with Crippen molar-refractivity contribution < 1.29 is 9.53 Å². The number of anilines is 1. The lowest BCUT2D eigenvalue weighted by Gasteiger charge is -2.35. The zero-order chi connectivity index (χ0) is 15.2. The van der Waals surface area contributed by atoms with Gasteiger partial charge in [0.15, 0.2) is 0 Å². The number of halogens is 1. The number of amides is 2. The largest absolute Gasteiger partial charge is 0.373 e. The molecule has 1 aromatic carbocycles. The molecule has 1 fully saturated rings. The second kappa shape index (κ2) is 7.64. The summed E-state index contributed by atoms with van der Waals surface area (Å²) in [6, 6.07) is 6.87. The van der Waals surface area contributed by atoms with Crippen molar-refractivity contribution in [3.8, 4) is 0 Å². The van der Waals surface area contributed by atoms with Gasteiger partial charge in [-0.2, -0.15) is 0 Å². The van der Waals surface area contributed by atoms with E-state index in [4.69, 9.17) is 16.3 Å². The van der Waals surface area contributed by atoms with Gasteiger partial charge in [0.05, 0.1) is 12.2 Å². The minimum Gasteiger partial charge on any atom is -0.373 e. The maximum atomic E-state index is 11.8. The van der Waals surface area contributed by atoms with Gasteiger partial charge in [-0.05, 0) is 32.0 Å². The molecule has 1 aromatic rings. The number of ether oxygens (including phenoxy) is 1. The number of nitrogens with one attached hydrogen (secondary N) is 2. The summed E-state index contributed by atoms with van der Waals surface area (Å²) in [5.41, 5.74) is 0.689. The van der Waals surface area contributed by atoms with E-state index in [0.29, 0.717) is 17.3 Å². The molecule has 2 unspecified atom stereocenters. The Kier molecular flexibility index (Phi) is 5.85. The first kappa shape index (κ1) is 16.1. The van der Waals surface area contributed by atoms with Crippen LogP contribution in [0.25, 0.3) is 0 Å². The van der Waals surface area contributed by atoms with Crippen LogP contribution in [0.4, 0.5) is 10.5 Å². The van der Waals surface area contributed by atoms with Crippen LogP contribution >= 0.6 is 11.6 Å². The van der Waals surface area contributed by atoms with E-state index < -0.39 is 0 Å².